The van der Waals surface area contributed by atoms with Crippen LogP contribution in [-0.4, -0.2) is 41.6 Å². The Labute approximate surface area is 167 Å². The third-order valence-electron chi connectivity index (χ3n) is 4.09. The molecule has 0 saturated carbocycles. The zero-order valence-electron chi connectivity index (χ0n) is 16.1. The standard InChI is InChI=1S/C20H21N5O4/c1-28-15-5-6-17(18(12-15)29-2)23-20(27)22-10-11-25-19(26)8-7-16(24-25)14-4-3-9-21-13-14/h3-9,12-13H,10-11H2,1-2H3,(H2,22,23,27). The summed E-state index contributed by atoms with van der Waals surface area (Å²) in [4.78, 5) is 28.3. The molecule has 0 aliphatic rings. The summed E-state index contributed by atoms with van der Waals surface area (Å²) in [6, 6.07) is 11.4. The van der Waals surface area contributed by atoms with E-state index in [0.717, 1.165) is 5.56 Å². The van der Waals surface area contributed by atoms with Crippen molar-refractivity contribution in [2.75, 3.05) is 26.1 Å². The molecule has 3 aromatic rings. The van der Waals surface area contributed by atoms with E-state index in [0.29, 0.717) is 22.9 Å². The van der Waals surface area contributed by atoms with Crippen molar-refractivity contribution < 1.29 is 14.3 Å². The monoisotopic (exact) mass is 395 g/mol. The van der Waals surface area contributed by atoms with Crippen molar-refractivity contribution in [3.05, 3.63) is 65.2 Å². The molecule has 1 aromatic carbocycles. The van der Waals surface area contributed by atoms with Crippen molar-refractivity contribution in [1.82, 2.24) is 20.1 Å². The van der Waals surface area contributed by atoms with E-state index in [9.17, 15) is 9.59 Å². The van der Waals surface area contributed by atoms with Crippen molar-refractivity contribution in [3.8, 4) is 22.8 Å². The quantitative estimate of drug-likeness (QED) is 0.635. The van der Waals surface area contributed by atoms with Crippen LogP contribution in [-0.2, 0) is 6.54 Å². The lowest BCUT2D eigenvalue weighted by Gasteiger charge is -2.12. The summed E-state index contributed by atoms with van der Waals surface area (Å²) in [5, 5.41) is 9.73. The first-order valence-electron chi connectivity index (χ1n) is 8.86. The molecule has 0 atom stereocenters. The van der Waals surface area contributed by atoms with Crippen LogP contribution < -0.4 is 25.7 Å². The zero-order valence-corrected chi connectivity index (χ0v) is 16.1. The Balaban J connectivity index is 1.60. The largest absolute Gasteiger partial charge is 0.497 e. The van der Waals surface area contributed by atoms with E-state index >= 15 is 0 Å². The molecule has 9 nitrogen and oxygen atoms in total. The normalized spacial score (nSPS) is 10.3. The van der Waals surface area contributed by atoms with Crippen molar-refractivity contribution in [1.29, 1.82) is 0 Å². The molecule has 0 unspecified atom stereocenters. The average molecular weight is 395 g/mol. The van der Waals surface area contributed by atoms with Crippen LogP contribution in [0.3, 0.4) is 0 Å². The lowest BCUT2D eigenvalue weighted by Crippen LogP contribution is -2.34. The molecule has 150 valence electrons. The number of hydrogen-bond donors (Lipinski definition) is 2. The van der Waals surface area contributed by atoms with Crippen molar-refractivity contribution in [2.45, 2.75) is 6.54 Å². The molecular formula is C20H21N5O4. The second kappa shape index (κ2) is 9.36. The van der Waals surface area contributed by atoms with Gasteiger partial charge in [-0.3, -0.25) is 9.78 Å². The predicted octanol–water partition coefficient (Wildman–Crippen LogP) is 2.14. The van der Waals surface area contributed by atoms with Crippen LogP contribution in [0.1, 0.15) is 0 Å². The van der Waals surface area contributed by atoms with E-state index < -0.39 is 6.03 Å². The number of benzene rings is 1. The Morgan fingerprint density at radius 1 is 1.14 bits per heavy atom. The minimum absolute atomic E-state index is 0.216. The number of pyridine rings is 1. The summed E-state index contributed by atoms with van der Waals surface area (Å²) < 4.78 is 11.7. The lowest BCUT2D eigenvalue weighted by atomic mass is 10.2. The Morgan fingerprint density at radius 2 is 2.00 bits per heavy atom. The van der Waals surface area contributed by atoms with Crippen molar-refractivity contribution in [2.24, 2.45) is 0 Å². The van der Waals surface area contributed by atoms with E-state index in [-0.39, 0.29) is 18.6 Å². The Hall–Kier alpha value is -3.88. The van der Waals surface area contributed by atoms with Crippen molar-refractivity contribution >= 4 is 11.7 Å². The first-order valence-corrected chi connectivity index (χ1v) is 8.86. The van der Waals surface area contributed by atoms with E-state index in [1.807, 2.05) is 6.07 Å². The Kier molecular flexibility index (Phi) is 6.41. The number of nitrogens with one attached hydrogen (secondary N) is 2. The predicted molar refractivity (Wildman–Crippen MR) is 108 cm³/mol. The molecule has 2 heterocycles. The number of rotatable bonds is 7. The Morgan fingerprint density at radius 3 is 2.72 bits per heavy atom. The SMILES string of the molecule is COc1ccc(NC(=O)NCCn2nc(-c3cccnc3)ccc2=O)c(OC)c1. The van der Waals surface area contributed by atoms with Gasteiger partial charge in [-0.25, -0.2) is 9.48 Å². The molecule has 0 bridgehead atoms. The van der Waals surface area contributed by atoms with Gasteiger partial charge < -0.3 is 20.1 Å². The van der Waals surface area contributed by atoms with Crippen LogP contribution in [0.2, 0.25) is 0 Å². The van der Waals surface area contributed by atoms with Crippen LogP contribution in [0.15, 0.2) is 59.7 Å². The second-order valence-electron chi connectivity index (χ2n) is 5.97. The van der Waals surface area contributed by atoms with E-state index in [4.69, 9.17) is 9.47 Å². The summed E-state index contributed by atoms with van der Waals surface area (Å²) in [6.45, 7) is 0.438. The molecule has 0 spiro atoms. The van der Waals surface area contributed by atoms with Crippen LogP contribution >= 0.6 is 0 Å². The van der Waals surface area contributed by atoms with Crippen LogP contribution in [0, 0.1) is 0 Å². The number of urea groups is 1. The first kappa shape index (κ1) is 19.9. The van der Waals surface area contributed by atoms with Gasteiger partial charge in [0.05, 0.1) is 32.1 Å². The molecule has 0 saturated heterocycles. The fourth-order valence-electron chi connectivity index (χ4n) is 2.62. The topological polar surface area (TPSA) is 107 Å². The molecule has 29 heavy (non-hydrogen) atoms. The van der Waals surface area contributed by atoms with E-state index in [1.54, 1.807) is 49.8 Å². The fourth-order valence-corrected chi connectivity index (χ4v) is 2.62. The highest BCUT2D eigenvalue weighted by molar-refractivity contribution is 5.91. The number of nitrogens with zero attached hydrogens (tertiary/aromatic N) is 3. The van der Waals surface area contributed by atoms with Crippen LogP contribution in [0.5, 0.6) is 11.5 Å². The number of carbonyl (C=O) groups is 1. The molecule has 0 aliphatic heterocycles. The smallest absolute Gasteiger partial charge is 0.319 e. The van der Waals surface area contributed by atoms with Crippen molar-refractivity contribution in [3.63, 3.8) is 0 Å². The zero-order chi connectivity index (χ0) is 20.6. The van der Waals surface area contributed by atoms with Gasteiger partial charge >= 0.3 is 6.03 Å². The van der Waals surface area contributed by atoms with Crippen LogP contribution in [0.25, 0.3) is 11.3 Å². The second-order valence-corrected chi connectivity index (χ2v) is 5.97. The number of carbonyl (C=O) groups excluding carboxylic acids is 1. The van der Waals surface area contributed by atoms with E-state index in [2.05, 4.69) is 20.7 Å². The highest BCUT2D eigenvalue weighted by Crippen LogP contribution is 2.28. The molecule has 0 aliphatic carbocycles. The molecular weight excluding hydrogens is 374 g/mol. The fraction of sp³-hybridized carbons (Fsp3) is 0.200. The first-order chi connectivity index (χ1) is 14.1. The maximum Gasteiger partial charge on any atom is 0.319 e. The molecule has 2 amide bonds. The van der Waals surface area contributed by atoms with Gasteiger partial charge in [0, 0.05) is 36.6 Å². The molecule has 0 radical (unpaired) electrons. The van der Waals surface area contributed by atoms with E-state index in [1.165, 1.54) is 17.9 Å². The van der Waals surface area contributed by atoms with Gasteiger partial charge in [0.15, 0.2) is 0 Å². The third-order valence-corrected chi connectivity index (χ3v) is 4.09. The number of methoxy groups -OCH3 is 2. The van der Waals surface area contributed by atoms with Gasteiger partial charge in [0.1, 0.15) is 11.5 Å². The van der Waals surface area contributed by atoms with Gasteiger partial charge in [-0.05, 0) is 30.3 Å². The number of aromatic nitrogens is 3. The lowest BCUT2D eigenvalue weighted by molar-refractivity contribution is 0.251. The minimum Gasteiger partial charge on any atom is -0.497 e. The average Bonchev–Trinajstić information content (AvgIpc) is 2.76. The highest BCUT2D eigenvalue weighted by atomic mass is 16.5. The summed E-state index contributed by atoms with van der Waals surface area (Å²) in [6.07, 6.45) is 3.34. The van der Waals surface area contributed by atoms with Gasteiger partial charge in [-0.15, -0.1) is 0 Å². The molecule has 3 rings (SSSR count). The maximum atomic E-state index is 12.2. The molecule has 2 N–H and O–H groups in total. The summed E-state index contributed by atoms with van der Waals surface area (Å²) in [5.41, 5.74) is 1.68. The summed E-state index contributed by atoms with van der Waals surface area (Å²) in [7, 11) is 3.05. The highest BCUT2D eigenvalue weighted by Gasteiger charge is 2.09. The van der Waals surface area contributed by atoms with Gasteiger partial charge in [0.2, 0.25) is 0 Å². The van der Waals surface area contributed by atoms with Gasteiger partial charge in [-0.1, -0.05) is 0 Å². The molecule has 2 aromatic heterocycles. The number of hydrogen-bond acceptors (Lipinski definition) is 6. The number of ether oxygens (including phenoxy) is 2. The molecule has 9 heteroatoms. The third kappa shape index (κ3) is 5.10. The summed E-state index contributed by atoms with van der Waals surface area (Å²) >= 11 is 0. The summed E-state index contributed by atoms with van der Waals surface area (Å²) in [5.74, 6) is 1.09. The van der Waals surface area contributed by atoms with Gasteiger partial charge in [0.25, 0.3) is 5.56 Å². The maximum absolute atomic E-state index is 12.2. The minimum atomic E-state index is -0.426. The van der Waals surface area contributed by atoms with Gasteiger partial charge in [-0.2, -0.15) is 5.10 Å². The number of anilines is 1. The Bertz CT molecular complexity index is 1040. The van der Waals surface area contributed by atoms with Crippen LogP contribution in [0.4, 0.5) is 10.5 Å². The molecule has 0 fully saturated rings. The number of amides is 2.